The fraction of sp³-hybridized carbons (Fsp3) is 1.00. The van der Waals surface area contributed by atoms with Crippen molar-refractivity contribution in [2.75, 3.05) is 79.3 Å². The first kappa shape index (κ1) is 36.5. The zero-order chi connectivity index (χ0) is 19.3. The maximum Gasteiger partial charge on any atom is 0.0697 e. The molecule has 0 saturated heterocycles. The maximum atomic E-state index is 8.07. The van der Waals surface area contributed by atoms with Gasteiger partial charge in [-0.1, -0.05) is 0 Å². The smallest absolute Gasteiger partial charge is 0.0697 e. The number of aliphatic hydroxyl groups is 4. The quantitative estimate of drug-likeness (QED) is 0.308. The van der Waals surface area contributed by atoms with Gasteiger partial charge >= 0.3 is 0 Å². The van der Waals surface area contributed by atoms with Gasteiger partial charge in [-0.3, -0.25) is 0 Å². The molecule has 0 atom stereocenters. The van der Waals surface area contributed by atoms with Crippen molar-refractivity contribution in [3.8, 4) is 0 Å². The molecule has 0 aromatic heterocycles. The predicted octanol–water partition coefficient (Wildman–Crippen LogP) is 0.0583. The van der Waals surface area contributed by atoms with Crippen LogP contribution in [-0.2, 0) is 45.2 Å². The van der Waals surface area contributed by atoms with Crippen molar-refractivity contribution in [3.63, 3.8) is 0 Å². The number of hydrogen-bond acceptors (Lipinski definition) is 8. The summed E-state index contributed by atoms with van der Waals surface area (Å²) >= 11 is 0. The standard InChI is InChI=1S/4C4H10O2.Zr/c4*1-2-6-4-3-5;/h4*5H,2-4H2,1H3;. The van der Waals surface area contributed by atoms with Gasteiger partial charge in [0, 0.05) is 52.6 Å². The third kappa shape index (κ3) is 79.2. The van der Waals surface area contributed by atoms with Gasteiger partial charge in [0.25, 0.3) is 0 Å². The molecule has 0 fully saturated rings. The molecule has 0 heterocycles. The van der Waals surface area contributed by atoms with E-state index >= 15 is 0 Å². The van der Waals surface area contributed by atoms with Gasteiger partial charge in [0.05, 0.1) is 52.9 Å². The molecular weight excluding hydrogens is 411 g/mol. The van der Waals surface area contributed by atoms with Crippen LogP contribution in [0.25, 0.3) is 0 Å². The van der Waals surface area contributed by atoms with E-state index in [2.05, 4.69) is 0 Å². The van der Waals surface area contributed by atoms with Gasteiger partial charge in [0.15, 0.2) is 0 Å². The first-order chi connectivity index (χ1) is 11.7. The van der Waals surface area contributed by atoms with Gasteiger partial charge in [0.2, 0.25) is 0 Å². The Balaban J connectivity index is -0.0000000702. The van der Waals surface area contributed by atoms with Gasteiger partial charge in [0.1, 0.15) is 0 Å². The second-order valence-electron chi connectivity index (χ2n) is 3.68. The number of aliphatic hydroxyl groups excluding tert-OH is 4. The van der Waals surface area contributed by atoms with Crippen LogP contribution in [0.2, 0.25) is 0 Å². The summed E-state index contributed by atoms with van der Waals surface area (Å²) in [7, 11) is 0. The van der Waals surface area contributed by atoms with E-state index in [1.165, 1.54) is 0 Å². The van der Waals surface area contributed by atoms with E-state index in [4.69, 9.17) is 39.4 Å². The first-order valence-electron chi connectivity index (χ1n) is 8.40. The van der Waals surface area contributed by atoms with Crippen LogP contribution in [-0.4, -0.2) is 99.7 Å². The average Bonchev–Trinajstić information content (AvgIpc) is 2.62. The maximum absolute atomic E-state index is 8.07. The molecule has 156 valence electrons. The summed E-state index contributed by atoms with van der Waals surface area (Å²) in [6, 6.07) is 0. The topological polar surface area (TPSA) is 118 Å². The van der Waals surface area contributed by atoms with E-state index in [-0.39, 0.29) is 52.6 Å². The van der Waals surface area contributed by atoms with Crippen LogP contribution < -0.4 is 0 Å². The second kappa shape index (κ2) is 49.7. The van der Waals surface area contributed by atoms with Gasteiger partial charge in [-0.15, -0.1) is 0 Å². The summed E-state index contributed by atoms with van der Waals surface area (Å²) in [4.78, 5) is 0. The van der Waals surface area contributed by atoms with E-state index in [0.717, 1.165) is 0 Å². The van der Waals surface area contributed by atoms with Crippen molar-refractivity contribution in [2.45, 2.75) is 27.7 Å². The fourth-order valence-electron chi connectivity index (χ4n) is 0.836. The van der Waals surface area contributed by atoms with Crippen LogP contribution in [0.4, 0.5) is 0 Å². The third-order valence-electron chi connectivity index (χ3n) is 1.76. The molecule has 0 unspecified atom stereocenters. The molecule has 0 bridgehead atoms. The van der Waals surface area contributed by atoms with E-state index in [1.54, 1.807) is 0 Å². The summed E-state index contributed by atoms with van der Waals surface area (Å²) in [5.74, 6) is 0. The van der Waals surface area contributed by atoms with Crippen molar-refractivity contribution in [1.29, 1.82) is 0 Å². The Bertz CT molecular complexity index is 108. The van der Waals surface area contributed by atoms with Crippen molar-refractivity contribution in [2.24, 2.45) is 0 Å². The van der Waals surface area contributed by atoms with Crippen LogP contribution in [0.15, 0.2) is 0 Å². The molecule has 4 N–H and O–H groups in total. The van der Waals surface area contributed by atoms with Crippen molar-refractivity contribution in [3.05, 3.63) is 0 Å². The Labute approximate surface area is 172 Å². The Kier molecular flexibility index (Phi) is 72.5. The van der Waals surface area contributed by atoms with Crippen LogP contribution in [0, 0.1) is 0 Å². The monoisotopic (exact) mass is 450 g/mol. The molecule has 0 radical (unpaired) electrons. The summed E-state index contributed by atoms with van der Waals surface area (Å²) in [6.45, 7) is 12.8. The summed E-state index contributed by atoms with van der Waals surface area (Å²) in [6.07, 6.45) is 0. The largest absolute Gasteiger partial charge is 0.394 e. The zero-order valence-corrected chi connectivity index (χ0v) is 18.9. The molecule has 0 aromatic carbocycles. The predicted molar refractivity (Wildman–Crippen MR) is 94.3 cm³/mol. The van der Waals surface area contributed by atoms with Gasteiger partial charge in [-0.2, -0.15) is 0 Å². The SMILES string of the molecule is CCOCCO.CCOCCO.CCOCCO.CCOCCO.[Zr]. The van der Waals surface area contributed by atoms with Crippen molar-refractivity contribution < 1.29 is 65.6 Å². The molecule has 0 aromatic rings. The molecule has 0 spiro atoms. The van der Waals surface area contributed by atoms with E-state index in [9.17, 15) is 0 Å². The summed E-state index contributed by atoms with van der Waals surface area (Å²) in [5.41, 5.74) is 0. The van der Waals surface area contributed by atoms with Crippen LogP contribution in [0.3, 0.4) is 0 Å². The minimum Gasteiger partial charge on any atom is -0.394 e. The van der Waals surface area contributed by atoms with Gasteiger partial charge in [-0.05, 0) is 27.7 Å². The van der Waals surface area contributed by atoms with Crippen molar-refractivity contribution in [1.82, 2.24) is 0 Å². The number of ether oxygens (including phenoxy) is 4. The van der Waals surface area contributed by atoms with Crippen molar-refractivity contribution >= 4 is 0 Å². The molecule has 9 heteroatoms. The average molecular weight is 452 g/mol. The minimum atomic E-state index is 0. The molecule has 0 aliphatic rings. The Hall–Kier alpha value is 0.563. The molecule has 25 heavy (non-hydrogen) atoms. The molecule has 0 rings (SSSR count). The van der Waals surface area contributed by atoms with E-state index in [1.807, 2.05) is 27.7 Å². The number of hydrogen-bond donors (Lipinski definition) is 4. The van der Waals surface area contributed by atoms with E-state index < -0.39 is 0 Å². The van der Waals surface area contributed by atoms with E-state index in [0.29, 0.717) is 52.9 Å². The summed E-state index contributed by atoms with van der Waals surface area (Å²) in [5, 5.41) is 32.3. The molecule has 0 amide bonds. The Morgan fingerprint density at radius 2 is 0.600 bits per heavy atom. The molecule has 0 aliphatic carbocycles. The zero-order valence-electron chi connectivity index (χ0n) is 16.4. The Morgan fingerprint density at radius 3 is 0.640 bits per heavy atom. The van der Waals surface area contributed by atoms with Gasteiger partial charge in [-0.25, -0.2) is 0 Å². The normalized spacial score (nSPS) is 8.64. The third-order valence-corrected chi connectivity index (χ3v) is 1.76. The second-order valence-corrected chi connectivity index (χ2v) is 3.68. The van der Waals surface area contributed by atoms with Crippen LogP contribution in [0.1, 0.15) is 27.7 Å². The van der Waals surface area contributed by atoms with Crippen LogP contribution in [0.5, 0.6) is 0 Å². The fourth-order valence-corrected chi connectivity index (χ4v) is 0.836. The number of rotatable bonds is 12. The molecular formula is C16H40O8Zr. The molecule has 8 nitrogen and oxygen atoms in total. The van der Waals surface area contributed by atoms with Gasteiger partial charge < -0.3 is 39.4 Å². The summed E-state index contributed by atoms with van der Waals surface area (Å²) < 4.78 is 18.9. The molecule has 0 saturated carbocycles. The Morgan fingerprint density at radius 1 is 0.440 bits per heavy atom. The minimum absolute atomic E-state index is 0. The molecule has 0 aliphatic heterocycles. The van der Waals surface area contributed by atoms with Crippen LogP contribution >= 0.6 is 0 Å². The first-order valence-corrected chi connectivity index (χ1v) is 8.40.